The van der Waals surface area contributed by atoms with E-state index < -0.39 is 0 Å². The first-order chi connectivity index (χ1) is 12.5. The molecule has 0 saturated carbocycles. The maximum absolute atomic E-state index is 12.6. The van der Waals surface area contributed by atoms with Gasteiger partial charge in [0.15, 0.2) is 0 Å². The van der Waals surface area contributed by atoms with Gasteiger partial charge in [-0.3, -0.25) is 4.79 Å². The molecular formula is C19H23N3O4. The molecule has 1 fully saturated rings. The number of urea groups is 1. The van der Waals surface area contributed by atoms with Crippen molar-refractivity contribution in [3.8, 4) is 5.75 Å². The highest BCUT2D eigenvalue weighted by Gasteiger charge is 2.26. The van der Waals surface area contributed by atoms with Crippen LogP contribution in [0.5, 0.6) is 5.75 Å². The summed E-state index contributed by atoms with van der Waals surface area (Å²) in [5, 5.41) is 2.86. The van der Waals surface area contributed by atoms with E-state index in [9.17, 15) is 9.59 Å². The lowest BCUT2D eigenvalue weighted by Gasteiger charge is -2.34. The van der Waals surface area contributed by atoms with Crippen molar-refractivity contribution in [3.63, 3.8) is 0 Å². The van der Waals surface area contributed by atoms with Crippen molar-refractivity contribution in [1.29, 1.82) is 0 Å². The standard InChI is InChI=1S/C19H23N3O4/c1-13-12-17(14(2)26-13)18(23)21-8-10-22(11-9-21)19(24)20-15-4-6-16(25-3)7-5-15/h4-7,12H,8-11H2,1-3H3,(H,20,24). The number of nitrogens with zero attached hydrogens (tertiary/aromatic N) is 2. The van der Waals surface area contributed by atoms with Gasteiger partial charge in [-0.25, -0.2) is 4.79 Å². The number of benzene rings is 1. The van der Waals surface area contributed by atoms with Crippen LogP contribution in [0.25, 0.3) is 0 Å². The Balaban J connectivity index is 1.55. The van der Waals surface area contributed by atoms with Crippen molar-refractivity contribution in [1.82, 2.24) is 9.80 Å². The number of nitrogens with one attached hydrogen (secondary N) is 1. The van der Waals surface area contributed by atoms with Crippen LogP contribution in [0.3, 0.4) is 0 Å². The number of hydrogen-bond donors (Lipinski definition) is 1. The molecule has 1 aromatic heterocycles. The summed E-state index contributed by atoms with van der Waals surface area (Å²) in [6.45, 7) is 5.59. The van der Waals surface area contributed by atoms with Crippen LogP contribution in [-0.4, -0.2) is 55.0 Å². The highest BCUT2D eigenvalue weighted by Crippen LogP contribution is 2.18. The molecule has 1 saturated heterocycles. The zero-order valence-corrected chi connectivity index (χ0v) is 15.2. The molecular weight excluding hydrogens is 334 g/mol. The molecule has 0 radical (unpaired) electrons. The largest absolute Gasteiger partial charge is 0.497 e. The SMILES string of the molecule is COc1ccc(NC(=O)N2CCN(C(=O)c3cc(C)oc3C)CC2)cc1. The van der Waals surface area contributed by atoms with E-state index in [-0.39, 0.29) is 11.9 Å². The number of hydrogen-bond acceptors (Lipinski definition) is 4. The molecule has 1 N–H and O–H groups in total. The Morgan fingerprint density at radius 3 is 2.19 bits per heavy atom. The fourth-order valence-corrected chi connectivity index (χ4v) is 3.00. The molecule has 26 heavy (non-hydrogen) atoms. The second-order valence-electron chi connectivity index (χ2n) is 6.26. The zero-order chi connectivity index (χ0) is 18.7. The van der Waals surface area contributed by atoms with Crippen LogP contribution in [-0.2, 0) is 0 Å². The average molecular weight is 357 g/mol. The van der Waals surface area contributed by atoms with Crippen molar-refractivity contribution in [2.45, 2.75) is 13.8 Å². The Hall–Kier alpha value is -2.96. The summed E-state index contributed by atoms with van der Waals surface area (Å²) in [7, 11) is 1.60. The number of ether oxygens (including phenoxy) is 1. The fraction of sp³-hybridized carbons (Fsp3) is 0.368. The van der Waals surface area contributed by atoms with E-state index >= 15 is 0 Å². The summed E-state index contributed by atoms with van der Waals surface area (Å²) < 4.78 is 10.5. The molecule has 138 valence electrons. The predicted octanol–water partition coefficient (Wildman–Crippen LogP) is 2.89. The molecule has 7 nitrogen and oxygen atoms in total. The first kappa shape index (κ1) is 17.8. The smallest absolute Gasteiger partial charge is 0.321 e. The molecule has 0 spiro atoms. The topological polar surface area (TPSA) is 75.0 Å². The van der Waals surface area contributed by atoms with Gasteiger partial charge in [0.2, 0.25) is 0 Å². The van der Waals surface area contributed by atoms with E-state index in [1.165, 1.54) is 0 Å². The second kappa shape index (κ2) is 7.51. The molecule has 2 heterocycles. The lowest BCUT2D eigenvalue weighted by atomic mass is 10.2. The van der Waals surface area contributed by atoms with Crippen LogP contribution in [0, 0.1) is 13.8 Å². The van der Waals surface area contributed by atoms with Crippen LogP contribution in [0.4, 0.5) is 10.5 Å². The normalized spacial score (nSPS) is 14.3. The number of amides is 3. The molecule has 3 amide bonds. The van der Waals surface area contributed by atoms with E-state index in [0.717, 1.165) is 11.5 Å². The summed E-state index contributed by atoms with van der Waals surface area (Å²) in [5.74, 6) is 2.05. The maximum Gasteiger partial charge on any atom is 0.321 e. The highest BCUT2D eigenvalue weighted by molar-refractivity contribution is 5.95. The van der Waals surface area contributed by atoms with Gasteiger partial charge >= 0.3 is 6.03 Å². The third kappa shape index (κ3) is 3.82. The molecule has 0 atom stereocenters. The molecule has 0 aliphatic carbocycles. The number of carbonyl (C=O) groups excluding carboxylic acids is 2. The van der Waals surface area contributed by atoms with Crippen molar-refractivity contribution < 1.29 is 18.7 Å². The molecule has 1 aromatic carbocycles. The minimum Gasteiger partial charge on any atom is -0.497 e. The predicted molar refractivity (Wildman–Crippen MR) is 97.7 cm³/mol. The van der Waals surface area contributed by atoms with Gasteiger partial charge < -0.3 is 24.3 Å². The molecule has 0 unspecified atom stereocenters. The Labute approximate surface area is 152 Å². The van der Waals surface area contributed by atoms with Gasteiger partial charge in [-0.1, -0.05) is 0 Å². The van der Waals surface area contributed by atoms with Gasteiger partial charge in [-0.15, -0.1) is 0 Å². The number of furan rings is 1. The first-order valence-electron chi connectivity index (χ1n) is 8.54. The van der Waals surface area contributed by atoms with Crippen LogP contribution in [0.2, 0.25) is 0 Å². The molecule has 3 rings (SSSR count). The van der Waals surface area contributed by atoms with E-state index in [1.54, 1.807) is 54.2 Å². The van der Waals surface area contributed by atoms with E-state index in [4.69, 9.17) is 9.15 Å². The number of aryl methyl sites for hydroxylation is 2. The Morgan fingerprint density at radius 2 is 1.65 bits per heavy atom. The summed E-state index contributed by atoms with van der Waals surface area (Å²) in [6.07, 6.45) is 0. The average Bonchev–Trinajstić information content (AvgIpc) is 3.00. The van der Waals surface area contributed by atoms with E-state index in [0.29, 0.717) is 43.2 Å². The van der Waals surface area contributed by atoms with E-state index in [1.807, 2.05) is 6.92 Å². The molecule has 2 aromatic rings. The van der Waals surface area contributed by atoms with Crippen LogP contribution in [0.1, 0.15) is 21.9 Å². The van der Waals surface area contributed by atoms with Crippen molar-refractivity contribution >= 4 is 17.6 Å². The van der Waals surface area contributed by atoms with Crippen molar-refractivity contribution in [3.05, 3.63) is 47.4 Å². The minimum absolute atomic E-state index is 0.0467. The molecule has 0 bridgehead atoms. The van der Waals surface area contributed by atoms with Gasteiger partial charge in [0.05, 0.1) is 12.7 Å². The number of methoxy groups -OCH3 is 1. The lowest BCUT2D eigenvalue weighted by Crippen LogP contribution is -2.51. The van der Waals surface area contributed by atoms with Crippen LogP contribution in [0.15, 0.2) is 34.7 Å². The summed E-state index contributed by atoms with van der Waals surface area (Å²) in [6, 6.07) is 8.77. The molecule has 7 heteroatoms. The molecule has 1 aliphatic rings. The number of piperazine rings is 1. The second-order valence-corrected chi connectivity index (χ2v) is 6.26. The van der Waals surface area contributed by atoms with Crippen molar-refractivity contribution in [2.24, 2.45) is 0 Å². The summed E-state index contributed by atoms with van der Waals surface area (Å²) in [4.78, 5) is 28.5. The van der Waals surface area contributed by atoms with Gasteiger partial charge in [-0.2, -0.15) is 0 Å². The third-order valence-electron chi connectivity index (χ3n) is 4.47. The first-order valence-corrected chi connectivity index (χ1v) is 8.54. The highest BCUT2D eigenvalue weighted by atomic mass is 16.5. The number of carbonyl (C=O) groups is 2. The summed E-state index contributed by atoms with van der Waals surface area (Å²) in [5.41, 5.74) is 1.30. The van der Waals surface area contributed by atoms with Gasteiger partial charge in [0.25, 0.3) is 5.91 Å². The number of anilines is 1. The quantitative estimate of drug-likeness (QED) is 0.916. The Bertz CT molecular complexity index is 790. The van der Waals surface area contributed by atoms with Gasteiger partial charge in [0, 0.05) is 31.9 Å². The van der Waals surface area contributed by atoms with Crippen LogP contribution < -0.4 is 10.1 Å². The lowest BCUT2D eigenvalue weighted by molar-refractivity contribution is 0.0670. The fourth-order valence-electron chi connectivity index (χ4n) is 3.00. The van der Waals surface area contributed by atoms with Crippen LogP contribution >= 0.6 is 0 Å². The third-order valence-corrected chi connectivity index (χ3v) is 4.47. The minimum atomic E-state index is -0.169. The number of rotatable bonds is 3. The molecule has 1 aliphatic heterocycles. The Morgan fingerprint density at radius 1 is 1.04 bits per heavy atom. The van der Waals surface area contributed by atoms with E-state index in [2.05, 4.69) is 5.32 Å². The van der Waals surface area contributed by atoms with Gasteiger partial charge in [0.1, 0.15) is 17.3 Å². The zero-order valence-electron chi connectivity index (χ0n) is 15.2. The van der Waals surface area contributed by atoms with Gasteiger partial charge in [-0.05, 0) is 44.2 Å². The Kier molecular flexibility index (Phi) is 5.16. The maximum atomic E-state index is 12.6. The summed E-state index contributed by atoms with van der Waals surface area (Å²) >= 11 is 0. The van der Waals surface area contributed by atoms with Crippen molar-refractivity contribution in [2.75, 3.05) is 38.6 Å². The monoisotopic (exact) mass is 357 g/mol.